The van der Waals surface area contributed by atoms with Crippen LogP contribution >= 0.6 is 0 Å². The van der Waals surface area contributed by atoms with Crippen LogP contribution in [0.1, 0.15) is 20.3 Å². The van der Waals surface area contributed by atoms with Crippen molar-refractivity contribution in [3.8, 4) is 0 Å². The molecule has 1 aromatic rings. The molecule has 1 aliphatic rings. The van der Waals surface area contributed by atoms with Crippen molar-refractivity contribution in [1.82, 2.24) is 4.90 Å². The van der Waals surface area contributed by atoms with E-state index in [4.69, 9.17) is 0 Å². The minimum absolute atomic E-state index is 0.0148. The van der Waals surface area contributed by atoms with Crippen molar-refractivity contribution in [1.29, 1.82) is 0 Å². The Hall–Kier alpha value is -1.71. The van der Waals surface area contributed by atoms with E-state index in [0.29, 0.717) is 11.8 Å². The maximum absolute atomic E-state index is 12.3. The van der Waals surface area contributed by atoms with Crippen molar-refractivity contribution < 1.29 is 4.79 Å². The van der Waals surface area contributed by atoms with Crippen LogP contribution in [0.25, 0.3) is 0 Å². The zero-order chi connectivity index (χ0) is 14.7. The molecular weight excluding hydrogens is 250 g/mol. The lowest BCUT2D eigenvalue weighted by molar-refractivity contribution is 0.156. The number of hydrogen-bond acceptors (Lipinski definition) is 2. The molecule has 1 N–H and O–H groups in total. The fraction of sp³-hybridized carbons (Fsp3) is 0.562. The molecule has 0 spiro atoms. The maximum Gasteiger partial charge on any atom is 0.321 e. The van der Waals surface area contributed by atoms with Crippen molar-refractivity contribution in [2.75, 3.05) is 37.4 Å². The van der Waals surface area contributed by atoms with Gasteiger partial charge >= 0.3 is 6.03 Å². The largest absolute Gasteiger partial charge is 0.378 e. The fourth-order valence-electron chi connectivity index (χ4n) is 2.87. The summed E-state index contributed by atoms with van der Waals surface area (Å²) in [7, 11) is 4.01. The van der Waals surface area contributed by atoms with Crippen LogP contribution in [0.4, 0.5) is 16.2 Å². The molecule has 0 aromatic heterocycles. The number of likely N-dealkylation sites (tertiary alicyclic amines) is 1. The van der Waals surface area contributed by atoms with Gasteiger partial charge < -0.3 is 15.1 Å². The summed E-state index contributed by atoms with van der Waals surface area (Å²) in [5.41, 5.74) is 1.98. The highest BCUT2D eigenvalue weighted by Gasteiger charge is 2.25. The highest BCUT2D eigenvalue weighted by Crippen LogP contribution is 2.22. The van der Waals surface area contributed by atoms with Crippen molar-refractivity contribution in [3.63, 3.8) is 0 Å². The van der Waals surface area contributed by atoms with E-state index in [1.54, 1.807) is 0 Å². The summed E-state index contributed by atoms with van der Waals surface area (Å²) < 4.78 is 0. The lowest BCUT2D eigenvalue weighted by Gasteiger charge is -2.34. The molecule has 1 heterocycles. The van der Waals surface area contributed by atoms with Crippen LogP contribution in [0, 0.1) is 11.8 Å². The van der Waals surface area contributed by atoms with Gasteiger partial charge in [0.1, 0.15) is 0 Å². The number of rotatable bonds is 2. The topological polar surface area (TPSA) is 35.6 Å². The summed E-state index contributed by atoms with van der Waals surface area (Å²) in [6.07, 6.45) is 1.21. The molecule has 1 aromatic carbocycles. The maximum atomic E-state index is 12.3. The third-order valence-corrected chi connectivity index (χ3v) is 3.79. The lowest BCUT2D eigenvalue weighted by atomic mass is 9.92. The Morgan fingerprint density at radius 2 is 1.70 bits per heavy atom. The van der Waals surface area contributed by atoms with Crippen molar-refractivity contribution in [3.05, 3.63) is 24.3 Å². The number of carbonyl (C=O) groups excluding carboxylic acids is 1. The smallest absolute Gasteiger partial charge is 0.321 e. The standard InChI is InChI=1S/C16H25N3O/c1-12-9-13(2)11-19(10-12)16(20)17-14-5-7-15(8-6-14)18(3)4/h5-8,12-13H,9-11H2,1-4H3,(H,17,20). The third kappa shape index (κ3) is 3.65. The second-order valence-corrected chi connectivity index (χ2v) is 6.22. The van der Waals surface area contributed by atoms with Crippen LogP contribution < -0.4 is 10.2 Å². The lowest BCUT2D eigenvalue weighted by Crippen LogP contribution is -2.44. The van der Waals surface area contributed by atoms with Gasteiger partial charge in [0.2, 0.25) is 0 Å². The number of piperidine rings is 1. The molecule has 0 saturated carbocycles. The molecule has 1 saturated heterocycles. The average molecular weight is 275 g/mol. The van der Waals surface area contributed by atoms with Crippen LogP contribution in [0.15, 0.2) is 24.3 Å². The van der Waals surface area contributed by atoms with Gasteiger partial charge in [-0.1, -0.05) is 13.8 Å². The molecule has 2 amide bonds. The van der Waals surface area contributed by atoms with Crippen LogP contribution in [0.3, 0.4) is 0 Å². The number of carbonyl (C=O) groups is 1. The van der Waals surface area contributed by atoms with E-state index in [-0.39, 0.29) is 6.03 Å². The molecule has 0 aliphatic carbocycles. The minimum Gasteiger partial charge on any atom is -0.378 e. The average Bonchev–Trinajstić information content (AvgIpc) is 2.38. The van der Waals surface area contributed by atoms with Crippen molar-refractivity contribution in [2.24, 2.45) is 11.8 Å². The first-order valence-electron chi connectivity index (χ1n) is 7.29. The van der Waals surface area contributed by atoms with Gasteiger partial charge in [-0.2, -0.15) is 0 Å². The molecule has 1 aliphatic heterocycles. The molecular formula is C16H25N3O. The van der Waals surface area contributed by atoms with E-state index in [2.05, 4.69) is 19.2 Å². The van der Waals surface area contributed by atoms with Crippen LogP contribution in [0.5, 0.6) is 0 Å². The quantitative estimate of drug-likeness (QED) is 0.899. The number of hydrogen-bond donors (Lipinski definition) is 1. The molecule has 2 atom stereocenters. The van der Waals surface area contributed by atoms with Crippen LogP contribution in [-0.4, -0.2) is 38.1 Å². The highest BCUT2D eigenvalue weighted by molar-refractivity contribution is 5.89. The van der Waals surface area contributed by atoms with Gasteiger partial charge in [-0.25, -0.2) is 4.79 Å². The monoisotopic (exact) mass is 275 g/mol. The second kappa shape index (κ2) is 6.16. The number of benzene rings is 1. The van der Waals surface area contributed by atoms with Gasteiger partial charge in [0, 0.05) is 38.6 Å². The fourth-order valence-corrected chi connectivity index (χ4v) is 2.87. The molecule has 20 heavy (non-hydrogen) atoms. The van der Waals surface area contributed by atoms with E-state index in [1.165, 1.54) is 6.42 Å². The molecule has 0 bridgehead atoms. The van der Waals surface area contributed by atoms with Gasteiger partial charge in [0.25, 0.3) is 0 Å². The SMILES string of the molecule is CC1CC(C)CN(C(=O)Nc2ccc(N(C)C)cc2)C1. The first-order valence-corrected chi connectivity index (χ1v) is 7.29. The normalized spacial score (nSPS) is 22.5. The Balaban J connectivity index is 1.97. The summed E-state index contributed by atoms with van der Waals surface area (Å²) in [6, 6.07) is 7.93. The zero-order valence-electron chi connectivity index (χ0n) is 12.9. The molecule has 1 fully saturated rings. The van der Waals surface area contributed by atoms with E-state index in [9.17, 15) is 4.79 Å². The van der Waals surface area contributed by atoms with E-state index >= 15 is 0 Å². The number of nitrogens with zero attached hydrogens (tertiary/aromatic N) is 2. The summed E-state index contributed by atoms with van der Waals surface area (Å²) in [5.74, 6) is 1.17. The third-order valence-electron chi connectivity index (χ3n) is 3.79. The van der Waals surface area contributed by atoms with Crippen LogP contribution in [0.2, 0.25) is 0 Å². The van der Waals surface area contributed by atoms with E-state index in [0.717, 1.165) is 24.5 Å². The number of nitrogens with one attached hydrogen (secondary N) is 1. The number of anilines is 2. The summed E-state index contributed by atoms with van der Waals surface area (Å²) in [4.78, 5) is 16.3. The van der Waals surface area contributed by atoms with E-state index < -0.39 is 0 Å². The first kappa shape index (κ1) is 14.7. The first-order chi connectivity index (χ1) is 9.45. The number of urea groups is 1. The Labute approximate surface area is 121 Å². The van der Waals surface area contributed by atoms with E-state index in [1.807, 2.05) is 48.2 Å². The zero-order valence-corrected chi connectivity index (χ0v) is 12.9. The molecule has 4 nitrogen and oxygen atoms in total. The Bertz CT molecular complexity index is 445. The molecule has 2 rings (SSSR count). The predicted octanol–water partition coefficient (Wildman–Crippen LogP) is 3.26. The molecule has 4 heteroatoms. The Morgan fingerprint density at radius 3 is 2.20 bits per heavy atom. The predicted molar refractivity (Wildman–Crippen MR) is 84.3 cm³/mol. The molecule has 0 radical (unpaired) electrons. The highest BCUT2D eigenvalue weighted by atomic mass is 16.2. The molecule has 110 valence electrons. The second-order valence-electron chi connectivity index (χ2n) is 6.22. The number of amides is 2. The summed E-state index contributed by atoms with van der Waals surface area (Å²) in [6.45, 7) is 6.13. The van der Waals surface area contributed by atoms with Crippen molar-refractivity contribution >= 4 is 17.4 Å². The van der Waals surface area contributed by atoms with Gasteiger partial charge in [0.15, 0.2) is 0 Å². The molecule has 2 unspecified atom stereocenters. The van der Waals surface area contributed by atoms with Gasteiger partial charge in [-0.3, -0.25) is 0 Å². The Morgan fingerprint density at radius 1 is 1.15 bits per heavy atom. The van der Waals surface area contributed by atoms with Crippen molar-refractivity contribution in [2.45, 2.75) is 20.3 Å². The summed E-state index contributed by atoms with van der Waals surface area (Å²) >= 11 is 0. The van der Waals surface area contributed by atoms with Gasteiger partial charge in [-0.05, 0) is 42.5 Å². The summed E-state index contributed by atoms with van der Waals surface area (Å²) in [5, 5.41) is 2.99. The van der Waals surface area contributed by atoms with Crippen LogP contribution in [-0.2, 0) is 0 Å². The van der Waals surface area contributed by atoms with Gasteiger partial charge in [-0.15, -0.1) is 0 Å². The minimum atomic E-state index is 0.0148. The Kier molecular flexibility index (Phi) is 4.53. The van der Waals surface area contributed by atoms with Gasteiger partial charge in [0.05, 0.1) is 0 Å².